The number of halogens is 1. The van der Waals surface area contributed by atoms with Crippen molar-refractivity contribution in [2.45, 2.75) is 47.0 Å². The van der Waals surface area contributed by atoms with E-state index < -0.39 is 0 Å². The zero-order valence-corrected chi connectivity index (χ0v) is 18.3. The number of fused-ring (bicyclic) bond motifs is 1. The maximum absolute atomic E-state index is 6.81. The van der Waals surface area contributed by atoms with Crippen LogP contribution in [0.1, 0.15) is 43.1 Å². The molecule has 1 N–H and O–H groups in total. The second-order valence-corrected chi connectivity index (χ2v) is 8.52. The quantitative estimate of drug-likeness (QED) is 0.553. The monoisotopic (exact) mass is 416 g/mol. The molecule has 1 aliphatic carbocycles. The van der Waals surface area contributed by atoms with Crippen LogP contribution in [-0.2, 0) is 0 Å². The van der Waals surface area contributed by atoms with Gasteiger partial charge in [0.2, 0.25) is 0 Å². The highest BCUT2D eigenvalue weighted by atomic mass is 35.5. The Balaban J connectivity index is 1.75. The molecule has 0 spiro atoms. The zero-order valence-electron chi connectivity index (χ0n) is 16.7. The summed E-state index contributed by atoms with van der Waals surface area (Å²) in [5.74, 6) is 2.91. The molecule has 6 nitrogen and oxygen atoms in total. The highest BCUT2D eigenvalue weighted by Gasteiger charge is 2.27. The van der Waals surface area contributed by atoms with Gasteiger partial charge in [0.25, 0.3) is 0 Å². The summed E-state index contributed by atoms with van der Waals surface area (Å²) in [5.41, 5.74) is 4.90. The van der Waals surface area contributed by atoms with Crippen LogP contribution in [0, 0.1) is 26.7 Å². The largest absolute Gasteiger partial charge is 0.355 e. The van der Waals surface area contributed by atoms with E-state index in [1.807, 2.05) is 6.92 Å². The van der Waals surface area contributed by atoms with E-state index in [0.717, 1.165) is 59.1 Å². The second-order valence-electron chi connectivity index (χ2n) is 7.62. The molecule has 28 heavy (non-hydrogen) atoms. The molecule has 0 saturated heterocycles. The topological polar surface area (TPSA) is 66.8 Å². The Kier molecular flexibility index (Phi) is 5.38. The summed E-state index contributed by atoms with van der Waals surface area (Å²) in [7, 11) is 0. The minimum absolute atomic E-state index is 0.566. The molecule has 1 saturated carbocycles. The van der Waals surface area contributed by atoms with Gasteiger partial charge >= 0.3 is 0 Å². The Bertz CT molecular complexity index is 1010. The summed E-state index contributed by atoms with van der Waals surface area (Å²) >= 11 is 8.03. The van der Waals surface area contributed by atoms with Gasteiger partial charge in [-0.15, -0.1) is 0 Å². The van der Waals surface area contributed by atoms with Crippen LogP contribution in [0.2, 0.25) is 5.02 Å². The van der Waals surface area contributed by atoms with Crippen LogP contribution < -0.4 is 10.2 Å². The van der Waals surface area contributed by atoms with Gasteiger partial charge in [-0.3, -0.25) is 0 Å². The fourth-order valence-corrected chi connectivity index (χ4v) is 4.41. The van der Waals surface area contributed by atoms with E-state index in [4.69, 9.17) is 11.6 Å². The maximum Gasteiger partial charge on any atom is 0.155 e. The number of nitrogens with one attached hydrogen (secondary N) is 1. The third-order valence-electron chi connectivity index (χ3n) is 5.08. The van der Waals surface area contributed by atoms with Gasteiger partial charge in [0.1, 0.15) is 21.9 Å². The predicted molar refractivity (Wildman–Crippen MR) is 117 cm³/mol. The van der Waals surface area contributed by atoms with Crippen LogP contribution in [0.4, 0.5) is 17.3 Å². The molecule has 4 rings (SSSR count). The summed E-state index contributed by atoms with van der Waals surface area (Å²) in [5, 5.41) is 4.00. The molecule has 0 radical (unpaired) electrons. The molecule has 0 amide bonds. The summed E-state index contributed by atoms with van der Waals surface area (Å²) in [6.07, 6.45) is 3.64. The number of hydrogen-bond acceptors (Lipinski definition) is 7. The lowest BCUT2D eigenvalue weighted by Crippen LogP contribution is -2.28. The van der Waals surface area contributed by atoms with Crippen molar-refractivity contribution < 1.29 is 0 Å². The van der Waals surface area contributed by atoms with E-state index >= 15 is 0 Å². The van der Waals surface area contributed by atoms with Crippen molar-refractivity contribution in [3.63, 3.8) is 0 Å². The number of nitrogens with zero attached hydrogens (tertiary/aromatic N) is 5. The van der Waals surface area contributed by atoms with Crippen molar-refractivity contribution in [2.24, 2.45) is 5.92 Å². The van der Waals surface area contributed by atoms with Gasteiger partial charge in [-0.2, -0.15) is 8.75 Å². The minimum atomic E-state index is 0.566. The Labute approximate surface area is 174 Å². The molecule has 2 aromatic heterocycles. The smallest absolute Gasteiger partial charge is 0.155 e. The van der Waals surface area contributed by atoms with Crippen molar-refractivity contribution in [3.8, 4) is 0 Å². The lowest BCUT2D eigenvalue weighted by molar-refractivity contribution is 0.696. The average Bonchev–Trinajstić information content (AvgIpc) is 3.33. The molecule has 1 aliphatic rings. The molecule has 0 unspecified atom stereocenters. The fourth-order valence-electron chi connectivity index (χ4n) is 3.54. The Morgan fingerprint density at radius 2 is 1.89 bits per heavy atom. The van der Waals surface area contributed by atoms with Gasteiger partial charge in [-0.25, -0.2) is 9.97 Å². The predicted octanol–water partition coefficient (Wildman–Crippen LogP) is 5.43. The molecule has 148 valence electrons. The first-order valence-corrected chi connectivity index (χ1v) is 10.9. The van der Waals surface area contributed by atoms with E-state index in [2.05, 4.69) is 55.8 Å². The van der Waals surface area contributed by atoms with Gasteiger partial charge in [0.15, 0.2) is 11.6 Å². The molecule has 1 fully saturated rings. The van der Waals surface area contributed by atoms with Gasteiger partial charge in [0, 0.05) is 13.1 Å². The van der Waals surface area contributed by atoms with Crippen LogP contribution in [-0.4, -0.2) is 31.8 Å². The Hall–Kier alpha value is -1.99. The number of anilines is 3. The van der Waals surface area contributed by atoms with Crippen LogP contribution in [0.5, 0.6) is 0 Å². The average molecular weight is 417 g/mol. The van der Waals surface area contributed by atoms with E-state index in [9.17, 15) is 0 Å². The minimum Gasteiger partial charge on any atom is -0.355 e. The van der Waals surface area contributed by atoms with Crippen LogP contribution in [0.3, 0.4) is 0 Å². The molecular weight excluding hydrogens is 392 g/mol. The molecule has 2 heterocycles. The molecule has 3 aromatic rings. The molecule has 0 atom stereocenters. The molecule has 1 aromatic carbocycles. The Morgan fingerprint density at radius 1 is 1.14 bits per heavy atom. The van der Waals surface area contributed by atoms with Crippen molar-refractivity contribution in [1.29, 1.82) is 0 Å². The molecule has 8 heteroatoms. The molecule has 0 bridgehead atoms. The summed E-state index contributed by atoms with van der Waals surface area (Å²) in [6.45, 7) is 10.2. The SMILES string of the molecule is CCCN(CC1CC1)c1nc(C)nc(Nc2c(C)cc(C)c3nsnc23)c1Cl. The summed E-state index contributed by atoms with van der Waals surface area (Å²) in [6, 6.07) is 2.12. The first kappa shape index (κ1) is 19.3. The highest BCUT2D eigenvalue weighted by molar-refractivity contribution is 7.00. The van der Waals surface area contributed by atoms with Gasteiger partial charge in [0.05, 0.1) is 17.4 Å². The molecule has 0 aliphatic heterocycles. The van der Waals surface area contributed by atoms with Crippen molar-refractivity contribution >= 4 is 51.7 Å². The van der Waals surface area contributed by atoms with Crippen LogP contribution >= 0.6 is 23.3 Å². The number of aryl methyl sites for hydroxylation is 3. The fraction of sp³-hybridized carbons (Fsp3) is 0.500. The number of benzene rings is 1. The van der Waals surface area contributed by atoms with Crippen molar-refractivity contribution in [3.05, 3.63) is 28.0 Å². The van der Waals surface area contributed by atoms with Crippen LogP contribution in [0.25, 0.3) is 11.0 Å². The third kappa shape index (κ3) is 3.78. The Morgan fingerprint density at radius 3 is 2.61 bits per heavy atom. The van der Waals surface area contributed by atoms with E-state index in [0.29, 0.717) is 16.7 Å². The van der Waals surface area contributed by atoms with E-state index in [1.54, 1.807) is 0 Å². The van der Waals surface area contributed by atoms with Gasteiger partial charge in [-0.05, 0) is 57.1 Å². The van der Waals surface area contributed by atoms with Crippen molar-refractivity contribution in [1.82, 2.24) is 18.7 Å². The van der Waals surface area contributed by atoms with Gasteiger partial charge < -0.3 is 10.2 Å². The first-order valence-electron chi connectivity index (χ1n) is 9.76. The van der Waals surface area contributed by atoms with Crippen LogP contribution in [0.15, 0.2) is 6.07 Å². The number of hydrogen-bond donors (Lipinski definition) is 1. The number of aromatic nitrogens is 4. The third-order valence-corrected chi connectivity index (χ3v) is 5.96. The molecular formula is C20H25ClN6S. The van der Waals surface area contributed by atoms with E-state index in [-0.39, 0.29) is 0 Å². The van der Waals surface area contributed by atoms with Gasteiger partial charge in [-0.1, -0.05) is 24.6 Å². The lowest BCUT2D eigenvalue weighted by atomic mass is 10.1. The second kappa shape index (κ2) is 7.79. The van der Waals surface area contributed by atoms with Crippen molar-refractivity contribution in [2.75, 3.05) is 23.3 Å². The summed E-state index contributed by atoms with van der Waals surface area (Å²) < 4.78 is 8.92. The van der Waals surface area contributed by atoms with E-state index in [1.165, 1.54) is 24.6 Å². The standard InChI is InChI=1S/C20H25ClN6S/c1-5-8-27(10-14-6-7-14)20-15(21)19(22-13(4)23-20)24-16-11(2)9-12(3)17-18(16)26-28-25-17/h9,14H,5-8,10H2,1-4H3,(H,22,23,24). The first-order chi connectivity index (χ1) is 13.5. The highest BCUT2D eigenvalue weighted by Crippen LogP contribution is 2.38. The normalized spacial score (nSPS) is 13.9. The number of rotatable bonds is 7. The zero-order chi connectivity index (χ0) is 19.8. The summed E-state index contributed by atoms with van der Waals surface area (Å²) in [4.78, 5) is 11.6. The lowest BCUT2D eigenvalue weighted by Gasteiger charge is -2.25. The maximum atomic E-state index is 6.81.